The molecule has 1 amide bonds. The molecule has 0 unspecified atom stereocenters. The summed E-state index contributed by atoms with van der Waals surface area (Å²) >= 11 is 9.14. The quantitative estimate of drug-likeness (QED) is 0.461. The molecular formula is C19H14BrClN2O3. The Morgan fingerprint density at radius 1 is 1.23 bits per heavy atom. The van der Waals surface area contributed by atoms with E-state index in [4.69, 9.17) is 16.3 Å². The number of methoxy groups -OCH3 is 1. The maximum absolute atomic E-state index is 12.5. The number of benzene rings is 3. The van der Waals surface area contributed by atoms with Crippen LogP contribution >= 0.6 is 27.5 Å². The maximum atomic E-state index is 12.5. The first-order chi connectivity index (χ1) is 12.5. The van der Waals surface area contributed by atoms with Crippen molar-refractivity contribution in [3.05, 3.63) is 69.2 Å². The molecule has 0 saturated carbocycles. The minimum Gasteiger partial charge on any atom is -0.506 e. The molecule has 0 aliphatic carbocycles. The Balaban J connectivity index is 1.85. The van der Waals surface area contributed by atoms with Crippen LogP contribution in [0.3, 0.4) is 0 Å². The Labute approximate surface area is 163 Å². The van der Waals surface area contributed by atoms with Crippen LogP contribution < -0.4 is 10.2 Å². The fraction of sp³-hybridized carbons (Fsp3) is 0.0526. The van der Waals surface area contributed by atoms with Crippen molar-refractivity contribution < 1.29 is 14.6 Å². The lowest BCUT2D eigenvalue weighted by Crippen LogP contribution is -2.18. The van der Waals surface area contributed by atoms with Crippen LogP contribution in [0.4, 0.5) is 0 Å². The largest absolute Gasteiger partial charge is 0.506 e. The summed E-state index contributed by atoms with van der Waals surface area (Å²) in [6.45, 7) is 0. The Kier molecular flexibility index (Phi) is 5.44. The second kappa shape index (κ2) is 7.76. The Morgan fingerprint density at radius 2 is 1.92 bits per heavy atom. The Morgan fingerprint density at radius 3 is 2.62 bits per heavy atom. The van der Waals surface area contributed by atoms with Crippen LogP contribution in [0.25, 0.3) is 10.8 Å². The van der Waals surface area contributed by atoms with Crippen molar-refractivity contribution in [2.24, 2.45) is 5.10 Å². The van der Waals surface area contributed by atoms with E-state index in [-0.39, 0.29) is 5.75 Å². The van der Waals surface area contributed by atoms with Crippen molar-refractivity contribution in [1.29, 1.82) is 0 Å². The molecule has 0 radical (unpaired) electrons. The summed E-state index contributed by atoms with van der Waals surface area (Å²) in [6.07, 6.45) is 1.32. The lowest BCUT2D eigenvalue weighted by atomic mass is 10.1. The summed E-state index contributed by atoms with van der Waals surface area (Å²) in [5, 5.41) is 16.2. The van der Waals surface area contributed by atoms with Crippen molar-refractivity contribution in [2.75, 3.05) is 7.11 Å². The van der Waals surface area contributed by atoms with Gasteiger partial charge in [-0.15, -0.1) is 0 Å². The van der Waals surface area contributed by atoms with Gasteiger partial charge in [-0.2, -0.15) is 5.10 Å². The molecule has 0 atom stereocenters. The second-order valence-electron chi connectivity index (χ2n) is 5.42. The Bertz CT molecular complexity index is 1020. The van der Waals surface area contributed by atoms with Gasteiger partial charge in [0.05, 0.1) is 23.4 Å². The number of phenolic OH excluding ortho intramolecular Hbond substituents is 1. The Hall–Kier alpha value is -2.57. The first-order valence-electron chi connectivity index (χ1n) is 7.58. The van der Waals surface area contributed by atoms with Gasteiger partial charge in [0.25, 0.3) is 5.91 Å². The number of hydrazone groups is 1. The molecular weight excluding hydrogens is 420 g/mol. The highest BCUT2D eigenvalue weighted by Gasteiger charge is 2.13. The molecule has 0 spiro atoms. The number of rotatable bonds is 4. The molecule has 2 N–H and O–H groups in total. The number of nitrogens with one attached hydrogen (secondary N) is 1. The van der Waals surface area contributed by atoms with Crippen LogP contribution in [-0.2, 0) is 0 Å². The average Bonchev–Trinajstić information content (AvgIpc) is 2.64. The van der Waals surface area contributed by atoms with Crippen LogP contribution in [-0.4, -0.2) is 24.3 Å². The van der Waals surface area contributed by atoms with Crippen LogP contribution in [0.2, 0.25) is 5.02 Å². The van der Waals surface area contributed by atoms with Crippen molar-refractivity contribution >= 4 is 50.4 Å². The molecule has 0 aliphatic rings. The summed E-state index contributed by atoms with van der Waals surface area (Å²) in [7, 11) is 1.51. The number of hydrogen-bond donors (Lipinski definition) is 2. The van der Waals surface area contributed by atoms with E-state index >= 15 is 0 Å². The van der Waals surface area contributed by atoms with E-state index in [0.717, 1.165) is 10.8 Å². The van der Waals surface area contributed by atoms with E-state index in [1.54, 1.807) is 18.2 Å². The van der Waals surface area contributed by atoms with E-state index in [9.17, 15) is 9.90 Å². The third kappa shape index (κ3) is 3.81. The van der Waals surface area contributed by atoms with Gasteiger partial charge in [0.2, 0.25) is 0 Å². The van der Waals surface area contributed by atoms with E-state index in [2.05, 4.69) is 26.5 Å². The molecule has 3 aromatic rings. The minimum absolute atomic E-state index is 0.0179. The third-order valence-electron chi connectivity index (χ3n) is 3.74. The van der Waals surface area contributed by atoms with E-state index < -0.39 is 5.91 Å². The number of nitrogens with zero attached hydrogens (tertiary/aromatic N) is 1. The normalized spacial score (nSPS) is 11.0. The second-order valence-corrected chi connectivity index (χ2v) is 6.71. The van der Waals surface area contributed by atoms with Crippen LogP contribution in [0.1, 0.15) is 15.9 Å². The molecule has 5 nitrogen and oxygen atoms in total. The fourth-order valence-electron chi connectivity index (χ4n) is 2.47. The lowest BCUT2D eigenvalue weighted by molar-refractivity contribution is 0.0952. The molecule has 0 bridgehead atoms. The first-order valence-corrected chi connectivity index (χ1v) is 8.75. The molecule has 132 valence electrons. The van der Waals surface area contributed by atoms with Gasteiger partial charge in [-0.1, -0.05) is 35.9 Å². The molecule has 0 saturated heterocycles. The summed E-state index contributed by atoms with van der Waals surface area (Å²) < 4.78 is 5.75. The topological polar surface area (TPSA) is 70.9 Å². The van der Waals surface area contributed by atoms with Gasteiger partial charge in [-0.05, 0) is 51.0 Å². The van der Waals surface area contributed by atoms with Crippen LogP contribution in [0.5, 0.6) is 11.5 Å². The zero-order valence-corrected chi connectivity index (χ0v) is 16.0. The van der Waals surface area contributed by atoms with E-state index in [0.29, 0.717) is 26.4 Å². The minimum atomic E-state index is -0.426. The van der Waals surface area contributed by atoms with Gasteiger partial charge >= 0.3 is 0 Å². The van der Waals surface area contributed by atoms with Crippen molar-refractivity contribution in [2.45, 2.75) is 0 Å². The molecule has 3 rings (SSSR count). The van der Waals surface area contributed by atoms with Crippen LogP contribution in [0.15, 0.2) is 58.1 Å². The number of fused-ring (bicyclic) bond motifs is 1. The fourth-order valence-corrected chi connectivity index (χ4v) is 3.30. The van der Waals surface area contributed by atoms with E-state index in [1.807, 2.05) is 24.3 Å². The molecule has 0 heterocycles. The van der Waals surface area contributed by atoms with Gasteiger partial charge in [0.1, 0.15) is 11.5 Å². The SMILES string of the molecule is COc1cc2ccccc2cc1C(=O)N/N=C\c1cc(Cl)cc(Br)c1O. The first kappa shape index (κ1) is 18.2. The van der Waals surface area contributed by atoms with Gasteiger partial charge < -0.3 is 9.84 Å². The lowest BCUT2D eigenvalue weighted by Gasteiger charge is -2.09. The summed E-state index contributed by atoms with van der Waals surface area (Å²) in [6, 6.07) is 14.3. The third-order valence-corrected chi connectivity index (χ3v) is 4.56. The number of ether oxygens (including phenoxy) is 1. The number of halogens is 2. The number of carbonyl (C=O) groups excluding carboxylic acids is 1. The van der Waals surface area contributed by atoms with Gasteiger partial charge in [-0.3, -0.25) is 4.79 Å². The predicted octanol–water partition coefficient (Wildman–Crippen LogP) is 4.73. The zero-order valence-electron chi connectivity index (χ0n) is 13.7. The molecule has 26 heavy (non-hydrogen) atoms. The number of aromatic hydroxyl groups is 1. The van der Waals surface area contributed by atoms with Crippen molar-refractivity contribution in [1.82, 2.24) is 5.43 Å². The summed E-state index contributed by atoms with van der Waals surface area (Å²) in [5.74, 6) is 0.00451. The number of amides is 1. The summed E-state index contributed by atoms with van der Waals surface area (Å²) in [4.78, 5) is 12.5. The smallest absolute Gasteiger partial charge is 0.275 e. The number of phenols is 1. The average molecular weight is 434 g/mol. The predicted molar refractivity (Wildman–Crippen MR) is 106 cm³/mol. The monoisotopic (exact) mass is 432 g/mol. The molecule has 0 aliphatic heterocycles. The van der Waals surface area contributed by atoms with Crippen molar-refractivity contribution in [3.63, 3.8) is 0 Å². The zero-order chi connectivity index (χ0) is 18.7. The van der Waals surface area contributed by atoms with Gasteiger partial charge in [0.15, 0.2) is 0 Å². The highest BCUT2D eigenvalue weighted by atomic mass is 79.9. The summed E-state index contributed by atoms with van der Waals surface area (Å²) in [5.41, 5.74) is 3.17. The molecule has 0 aromatic heterocycles. The molecule has 7 heteroatoms. The molecule has 0 fully saturated rings. The standard InChI is InChI=1S/C19H14BrClN2O3/c1-26-17-8-12-5-3-2-4-11(12)7-15(17)19(25)23-22-10-13-6-14(21)9-16(20)18(13)24/h2-10,24H,1H3,(H,23,25)/b22-10-. The number of carbonyl (C=O) groups is 1. The molecule has 3 aromatic carbocycles. The van der Waals surface area contributed by atoms with Gasteiger partial charge in [0, 0.05) is 10.6 Å². The highest BCUT2D eigenvalue weighted by Crippen LogP contribution is 2.30. The van der Waals surface area contributed by atoms with E-state index in [1.165, 1.54) is 19.4 Å². The van der Waals surface area contributed by atoms with Crippen LogP contribution in [0, 0.1) is 0 Å². The van der Waals surface area contributed by atoms with Crippen molar-refractivity contribution in [3.8, 4) is 11.5 Å². The number of hydrogen-bond acceptors (Lipinski definition) is 4. The van der Waals surface area contributed by atoms with Gasteiger partial charge in [-0.25, -0.2) is 5.43 Å². The highest BCUT2D eigenvalue weighted by molar-refractivity contribution is 9.10. The maximum Gasteiger partial charge on any atom is 0.275 e.